The van der Waals surface area contributed by atoms with Gasteiger partial charge in [0.15, 0.2) is 5.69 Å². The maximum absolute atomic E-state index is 13.1. The number of nitrogens with two attached hydrogens (primary N) is 2. The van der Waals surface area contributed by atoms with E-state index in [9.17, 15) is 19.2 Å². The third kappa shape index (κ3) is 5.44. The number of nitrogen functional groups attached to an aromatic ring is 1. The third-order valence-corrected chi connectivity index (χ3v) is 4.67. The Bertz CT molecular complexity index is 943. The summed E-state index contributed by atoms with van der Waals surface area (Å²) < 4.78 is 13.7. The Morgan fingerprint density at radius 1 is 1.20 bits per heavy atom. The number of primary amides is 1. The highest BCUT2D eigenvalue weighted by Gasteiger charge is 2.27. The van der Waals surface area contributed by atoms with Crippen LogP contribution in [-0.2, 0) is 14.3 Å². The van der Waals surface area contributed by atoms with E-state index < -0.39 is 30.2 Å². The Morgan fingerprint density at radius 2 is 1.87 bits per heavy atom. The zero-order valence-corrected chi connectivity index (χ0v) is 17.2. The van der Waals surface area contributed by atoms with Crippen LogP contribution in [0.25, 0.3) is 0 Å². The Balaban J connectivity index is 2.29. The fourth-order valence-electron chi connectivity index (χ4n) is 2.38. The third-order valence-electron chi connectivity index (χ3n) is 3.82. The van der Waals surface area contributed by atoms with E-state index in [2.05, 4.69) is 9.69 Å². The zero-order chi connectivity index (χ0) is 22.3. The number of hydrogen-bond acceptors (Lipinski definition) is 9. The van der Waals surface area contributed by atoms with Crippen molar-refractivity contribution >= 4 is 46.6 Å². The van der Waals surface area contributed by atoms with Crippen molar-refractivity contribution in [1.82, 2.24) is 9.69 Å². The molecule has 0 spiro atoms. The van der Waals surface area contributed by atoms with Gasteiger partial charge in [-0.25, -0.2) is 0 Å². The predicted molar refractivity (Wildman–Crippen MR) is 109 cm³/mol. The highest BCUT2D eigenvalue weighted by atomic mass is 32.1. The van der Waals surface area contributed by atoms with Gasteiger partial charge in [0.25, 0.3) is 11.8 Å². The Labute approximate surface area is 176 Å². The summed E-state index contributed by atoms with van der Waals surface area (Å²) in [4.78, 5) is 49.4. The molecule has 0 bridgehead atoms. The molecule has 0 radical (unpaired) electrons. The summed E-state index contributed by atoms with van der Waals surface area (Å²) in [6.45, 7) is 1.06. The zero-order valence-electron chi connectivity index (χ0n) is 16.3. The summed E-state index contributed by atoms with van der Waals surface area (Å²) in [7, 11) is 1.49. The van der Waals surface area contributed by atoms with E-state index in [1.807, 2.05) is 0 Å². The fourth-order valence-corrected chi connectivity index (χ4v) is 3.13. The van der Waals surface area contributed by atoms with Gasteiger partial charge in [-0.1, -0.05) is 0 Å². The lowest BCUT2D eigenvalue weighted by Gasteiger charge is -2.22. The van der Waals surface area contributed by atoms with Crippen molar-refractivity contribution in [2.75, 3.05) is 37.4 Å². The van der Waals surface area contributed by atoms with Crippen molar-refractivity contribution in [2.45, 2.75) is 6.92 Å². The van der Waals surface area contributed by atoms with Gasteiger partial charge in [-0.3, -0.25) is 24.1 Å². The summed E-state index contributed by atoms with van der Waals surface area (Å²) in [5.74, 6) is -2.19. The quantitative estimate of drug-likeness (QED) is 0.468. The smallest absolute Gasteiger partial charge is 0.325 e. The Kier molecular flexibility index (Phi) is 7.69. The second-order valence-corrected chi connectivity index (χ2v) is 6.58. The van der Waals surface area contributed by atoms with Crippen LogP contribution in [-0.4, -0.2) is 54.9 Å². The van der Waals surface area contributed by atoms with Crippen LogP contribution in [0.2, 0.25) is 0 Å². The topological polar surface area (TPSA) is 167 Å². The molecule has 0 aliphatic carbocycles. The van der Waals surface area contributed by atoms with Gasteiger partial charge >= 0.3 is 5.97 Å². The van der Waals surface area contributed by atoms with E-state index in [4.69, 9.17) is 20.9 Å². The van der Waals surface area contributed by atoms with Crippen molar-refractivity contribution in [2.24, 2.45) is 5.73 Å². The van der Waals surface area contributed by atoms with E-state index in [-0.39, 0.29) is 29.4 Å². The molecule has 11 nitrogen and oxygen atoms in total. The number of ether oxygens (including phenoxy) is 2. The molecule has 0 fully saturated rings. The number of aromatic nitrogens is 1. The van der Waals surface area contributed by atoms with Gasteiger partial charge < -0.3 is 26.3 Å². The molecule has 12 heteroatoms. The molecule has 0 atom stereocenters. The number of amides is 3. The number of esters is 1. The first-order valence-electron chi connectivity index (χ1n) is 8.71. The Morgan fingerprint density at radius 3 is 2.40 bits per heavy atom. The van der Waals surface area contributed by atoms with Gasteiger partial charge in [0, 0.05) is 5.69 Å². The first kappa shape index (κ1) is 22.6. The lowest BCUT2D eigenvalue weighted by Crippen LogP contribution is -2.42. The van der Waals surface area contributed by atoms with E-state index >= 15 is 0 Å². The molecule has 2 rings (SSSR count). The minimum atomic E-state index is -0.869. The minimum absolute atomic E-state index is 0.0437. The second kappa shape index (κ2) is 10.2. The van der Waals surface area contributed by atoms with Crippen LogP contribution in [0, 0.1) is 0 Å². The van der Waals surface area contributed by atoms with E-state index in [1.54, 1.807) is 31.2 Å². The number of nitrogens with zero attached hydrogens (tertiary/aromatic N) is 2. The molecule has 1 heterocycles. The fraction of sp³-hybridized carbons (Fsp3) is 0.278. The largest absolute Gasteiger partial charge is 0.497 e. The summed E-state index contributed by atoms with van der Waals surface area (Å²) in [5, 5.41) is 2.38. The molecule has 30 heavy (non-hydrogen) atoms. The van der Waals surface area contributed by atoms with Crippen LogP contribution in [0.5, 0.6) is 5.75 Å². The van der Waals surface area contributed by atoms with Gasteiger partial charge in [0.1, 0.15) is 23.7 Å². The monoisotopic (exact) mass is 435 g/mol. The normalized spacial score (nSPS) is 10.2. The first-order chi connectivity index (χ1) is 14.3. The van der Waals surface area contributed by atoms with Gasteiger partial charge in [0.2, 0.25) is 5.91 Å². The molecule has 0 aliphatic heterocycles. The summed E-state index contributed by atoms with van der Waals surface area (Å²) in [5.41, 5.74) is 11.0. The maximum Gasteiger partial charge on any atom is 0.325 e. The number of benzene rings is 1. The number of carbonyl (C=O) groups is 4. The van der Waals surface area contributed by atoms with Gasteiger partial charge in [-0.2, -0.15) is 4.37 Å². The lowest BCUT2D eigenvalue weighted by atomic mass is 10.2. The number of carbonyl (C=O) groups excluding carboxylic acids is 4. The molecular formula is C18H21N5O6S. The lowest BCUT2D eigenvalue weighted by molar-refractivity contribution is -0.143. The van der Waals surface area contributed by atoms with E-state index in [0.29, 0.717) is 23.0 Å². The van der Waals surface area contributed by atoms with Crippen molar-refractivity contribution in [1.29, 1.82) is 0 Å². The molecule has 5 N–H and O–H groups in total. The first-order valence-corrected chi connectivity index (χ1v) is 9.49. The van der Waals surface area contributed by atoms with E-state index in [0.717, 1.165) is 4.90 Å². The molecule has 0 saturated carbocycles. The van der Waals surface area contributed by atoms with Crippen molar-refractivity contribution in [3.8, 4) is 5.75 Å². The molecule has 1 aromatic carbocycles. The molecule has 0 unspecified atom stereocenters. The van der Waals surface area contributed by atoms with Gasteiger partial charge in [-0.05, 0) is 42.7 Å². The number of rotatable bonds is 9. The average molecular weight is 435 g/mol. The molecule has 2 aromatic rings. The standard InChI is InChI=1S/C18H21N5O6S/c1-3-29-13(25)8-21-12(24)9-23(10-4-6-11(28-2)7-5-10)18(27)16-14(19)15(17(20)26)22-30-16/h4-7H,3,8-9,19H2,1-2H3,(H2,20,26)(H,21,24). The molecule has 3 amide bonds. The SMILES string of the molecule is CCOC(=O)CNC(=O)CN(C(=O)c1snc(C(N)=O)c1N)c1ccc(OC)cc1. The maximum atomic E-state index is 13.1. The highest BCUT2D eigenvalue weighted by Crippen LogP contribution is 2.27. The number of methoxy groups -OCH3 is 1. The minimum Gasteiger partial charge on any atom is -0.497 e. The molecule has 0 aliphatic rings. The van der Waals surface area contributed by atoms with Gasteiger partial charge in [-0.15, -0.1) is 0 Å². The number of hydrogen-bond donors (Lipinski definition) is 3. The summed E-state index contributed by atoms with van der Waals surface area (Å²) >= 11 is 0.698. The van der Waals surface area contributed by atoms with Crippen LogP contribution < -0.4 is 26.4 Å². The molecule has 160 valence electrons. The molecular weight excluding hydrogens is 414 g/mol. The highest BCUT2D eigenvalue weighted by molar-refractivity contribution is 7.09. The molecule has 0 saturated heterocycles. The molecule has 1 aromatic heterocycles. The predicted octanol–water partition coefficient (Wildman–Crippen LogP) is 0.159. The van der Waals surface area contributed by atoms with Crippen LogP contribution in [0.15, 0.2) is 24.3 Å². The number of anilines is 2. The van der Waals surface area contributed by atoms with Crippen molar-refractivity contribution < 1.29 is 28.7 Å². The van der Waals surface area contributed by atoms with Crippen LogP contribution in [0.4, 0.5) is 11.4 Å². The van der Waals surface area contributed by atoms with Crippen LogP contribution >= 0.6 is 11.5 Å². The van der Waals surface area contributed by atoms with Crippen molar-refractivity contribution in [3.05, 3.63) is 34.8 Å². The van der Waals surface area contributed by atoms with Crippen LogP contribution in [0.1, 0.15) is 27.1 Å². The average Bonchev–Trinajstić information content (AvgIpc) is 3.12. The Hall–Kier alpha value is -3.67. The van der Waals surface area contributed by atoms with E-state index in [1.165, 1.54) is 7.11 Å². The summed E-state index contributed by atoms with van der Waals surface area (Å²) in [6, 6.07) is 6.36. The number of nitrogens with one attached hydrogen (secondary N) is 1. The summed E-state index contributed by atoms with van der Waals surface area (Å²) in [6.07, 6.45) is 0. The van der Waals surface area contributed by atoms with Crippen LogP contribution in [0.3, 0.4) is 0 Å². The van der Waals surface area contributed by atoms with Crippen molar-refractivity contribution in [3.63, 3.8) is 0 Å². The second-order valence-electron chi connectivity index (χ2n) is 5.81. The van der Waals surface area contributed by atoms with Gasteiger partial charge in [0.05, 0.1) is 19.4 Å².